The molecule has 0 saturated carbocycles. The van der Waals surface area contributed by atoms with Gasteiger partial charge in [0.05, 0.1) is 12.2 Å². The van der Waals surface area contributed by atoms with E-state index in [9.17, 15) is 9.59 Å². The average Bonchev–Trinajstić information content (AvgIpc) is 3.28. The molecule has 9 heteroatoms. The van der Waals surface area contributed by atoms with Gasteiger partial charge in [-0.05, 0) is 18.9 Å². The molecule has 0 spiro atoms. The summed E-state index contributed by atoms with van der Waals surface area (Å²) >= 11 is 0. The Hall–Kier alpha value is -3.49. The first kappa shape index (κ1) is 17.9. The fourth-order valence-corrected chi connectivity index (χ4v) is 3.29. The Balaban J connectivity index is 1.44. The molecule has 1 aliphatic rings. The first-order valence-corrected chi connectivity index (χ1v) is 9.07. The Kier molecular flexibility index (Phi) is 4.64. The number of anilines is 1. The first-order chi connectivity index (χ1) is 13.5. The van der Waals surface area contributed by atoms with Gasteiger partial charge in [0.25, 0.3) is 11.8 Å². The summed E-state index contributed by atoms with van der Waals surface area (Å²) in [4.78, 5) is 30.9. The molecule has 0 saturated heterocycles. The van der Waals surface area contributed by atoms with E-state index in [-0.39, 0.29) is 11.7 Å². The topological polar surface area (TPSA) is 97.9 Å². The Bertz CT molecular complexity index is 1010. The summed E-state index contributed by atoms with van der Waals surface area (Å²) in [5.41, 5.74) is 1.91. The number of hydrogen-bond donors (Lipinski definition) is 1. The molecule has 28 heavy (non-hydrogen) atoms. The second kappa shape index (κ2) is 7.26. The van der Waals surface area contributed by atoms with Gasteiger partial charge in [-0.15, -0.1) is 5.10 Å². The fraction of sp³-hybridized carbons (Fsp3) is 0.316. The monoisotopic (exact) mass is 379 g/mol. The van der Waals surface area contributed by atoms with E-state index in [1.165, 1.54) is 11.2 Å². The van der Waals surface area contributed by atoms with Crippen LogP contribution in [0.3, 0.4) is 0 Å². The van der Waals surface area contributed by atoms with Gasteiger partial charge < -0.3 is 5.32 Å². The van der Waals surface area contributed by atoms with Crippen molar-refractivity contribution in [1.29, 1.82) is 0 Å². The highest BCUT2D eigenvalue weighted by atomic mass is 16.2. The van der Waals surface area contributed by atoms with E-state index in [0.29, 0.717) is 19.5 Å². The van der Waals surface area contributed by atoms with Crippen LogP contribution in [0.2, 0.25) is 0 Å². The van der Waals surface area contributed by atoms with Crippen LogP contribution in [0.5, 0.6) is 0 Å². The molecule has 0 aliphatic carbocycles. The van der Waals surface area contributed by atoms with Crippen molar-refractivity contribution in [1.82, 2.24) is 29.9 Å². The smallest absolute Gasteiger partial charge is 0.291 e. The summed E-state index contributed by atoms with van der Waals surface area (Å²) in [5, 5.41) is 11.4. The number of aromatic nitrogens is 5. The highest BCUT2D eigenvalue weighted by Gasteiger charge is 2.31. The molecule has 9 nitrogen and oxygen atoms in total. The first-order valence-electron chi connectivity index (χ1n) is 9.07. The quantitative estimate of drug-likeness (QED) is 0.729. The van der Waals surface area contributed by atoms with Crippen molar-refractivity contribution >= 4 is 17.6 Å². The molecule has 1 unspecified atom stereocenters. The highest BCUT2D eigenvalue weighted by molar-refractivity contribution is 6.00. The molecule has 1 atom stereocenters. The van der Waals surface area contributed by atoms with E-state index in [0.717, 1.165) is 17.1 Å². The lowest BCUT2D eigenvalue weighted by molar-refractivity contribution is -0.120. The molecule has 1 aromatic carbocycles. The highest BCUT2D eigenvalue weighted by Crippen LogP contribution is 2.20. The van der Waals surface area contributed by atoms with Gasteiger partial charge in [-0.1, -0.05) is 30.3 Å². The molecule has 0 fully saturated rings. The van der Waals surface area contributed by atoms with Gasteiger partial charge in [-0.3, -0.25) is 14.5 Å². The zero-order valence-corrected chi connectivity index (χ0v) is 15.7. The zero-order chi connectivity index (χ0) is 19.7. The number of carbonyl (C=O) groups excluding carboxylic acids is 2. The maximum Gasteiger partial charge on any atom is 0.291 e. The van der Waals surface area contributed by atoms with Crippen molar-refractivity contribution in [3.63, 3.8) is 0 Å². The van der Waals surface area contributed by atoms with Gasteiger partial charge in [-0.2, -0.15) is 5.10 Å². The SMILES string of the molecule is Cc1cc2n(n1)CCC(NC(=O)c1ncn(Cc3ccccc3)n1)C(=O)N2C. The third-order valence-electron chi connectivity index (χ3n) is 4.72. The normalized spacial score (nSPS) is 16.6. The van der Waals surface area contributed by atoms with Crippen molar-refractivity contribution in [2.45, 2.75) is 32.5 Å². The van der Waals surface area contributed by atoms with Crippen molar-refractivity contribution < 1.29 is 9.59 Å². The lowest BCUT2D eigenvalue weighted by Crippen LogP contribution is -2.47. The Morgan fingerprint density at radius 3 is 2.82 bits per heavy atom. The van der Waals surface area contributed by atoms with Crippen LogP contribution in [0.4, 0.5) is 5.82 Å². The number of amides is 2. The van der Waals surface area contributed by atoms with E-state index >= 15 is 0 Å². The number of rotatable bonds is 4. The lowest BCUT2D eigenvalue weighted by Gasteiger charge is -2.19. The summed E-state index contributed by atoms with van der Waals surface area (Å²) in [6.07, 6.45) is 1.97. The number of aryl methyl sites for hydroxylation is 2. The molecular weight excluding hydrogens is 358 g/mol. The predicted molar refractivity (Wildman–Crippen MR) is 102 cm³/mol. The number of carbonyl (C=O) groups is 2. The van der Waals surface area contributed by atoms with Gasteiger partial charge in [0.15, 0.2) is 0 Å². The largest absolute Gasteiger partial charge is 0.337 e. The third kappa shape index (κ3) is 3.51. The molecule has 0 bridgehead atoms. The molecule has 1 N–H and O–H groups in total. The predicted octanol–water partition coefficient (Wildman–Crippen LogP) is 0.996. The van der Waals surface area contributed by atoms with Crippen LogP contribution in [0, 0.1) is 6.92 Å². The van der Waals surface area contributed by atoms with E-state index in [4.69, 9.17) is 0 Å². The van der Waals surface area contributed by atoms with Gasteiger partial charge >= 0.3 is 0 Å². The van der Waals surface area contributed by atoms with E-state index in [2.05, 4.69) is 20.5 Å². The van der Waals surface area contributed by atoms with Crippen LogP contribution >= 0.6 is 0 Å². The molecular formula is C19H21N7O2. The number of benzene rings is 1. The van der Waals surface area contributed by atoms with E-state index in [1.54, 1.807) is 16.4 Å². The van der Waals surface area contributed by atoms with Crippen molar-refractivity contribution in [3.05, 3.63) is 59.8 Å². The minimum Gasteiger partial charge on any atom is -0.337 e. The summed E-state index contributed by atoms with van der Waals surface area (Å²) < 4.78 is 3.38. The maximum atomic E-state index is 12.8. The molecule has 1 aliphatic heterocycles. The van der Waals surface area contributed by atoms with Gasteiger partial charge in [0.1, 0.15) is 18.2 Å². The lowest BCUT2D eigenvalue weighted by atomic mass is 10.2. The zero-order valence-electron chi connectivity index (χ0n) is 15.7. The minimum atomic E-state index is -0.652. The molecule has 144 valence electrons. The van der Waals surface area contributed by atoms with E-state index < -0.39 is 11.9 Å². The Labute approximate surface area is 162 Å². The van der Waals surface area contributed by atoms with Crippen LogP contribution in [0.15, 0.2) is 42.7 Å². The number of likely N-dealkylation sites (N-methyl/N-ethyl adjacent to an activating group) is 1. The molecule has 0 radical (unpaired) electrons. The average molecular weight is 379 g/mol. The van der Waals surface area contributed by atoms with Crippen molar-refractivity contribution in [2.75, 3.05) is 11.9 Å². The molecule has 3 aromatic rings. The number of fused-ring (bicyclic) bond motifs is 1. The van der Waals surface area contributed by atoms with Crippen LogP contribution in [0.1, 0.15) is 28.3 Å². The van der Waals surface area contributed by atoms with Gasteiger partial charge in [0, 0.05) is 19.7 Å². The van der Waals surface area contributed by atoms with Gasteiger partial charge in [0.2, 0.25) is 5.82 Å². The minimum absolute atomic E-state index is 0.0456. The standard InChI is InChI=1S/C19H21N7O2/c1-13-10-16-24(2)19(28)15(8-9-26(16)22-13)21-18(27)17-20-12-25(23-17)11-14-6-4-3-5-7-14/h3-7,10,12,15H,8-9,11H2,1-2H3,(H,21,27). The summed E-state index contributed by atoms with van der Waals surface area (Å²) in [7, 11) is 1.69. The Morgan fingerprint density at radius 2 is 2.04 bits per heavy atom. The number of hydrogen-bond acceptors (Lipinski definition) is 5. The van der Waals surface area contributed by atoms with Crippen LogP contribution in [-0.4, -0.2) is 49.4 Å². The fourth-order valence-electron chi connectivity index (χ4n) is 3.29. The number of nitrogens with one attached hydrogen (secondary N) is 1. The second-order valence-corrected chi connectivity index (χ2v) is 6.83. The Morgan fingerprint density at radius 1 is 1.25 bits per heavy atom. The van der Waals surface area contributed by atoms with Crippen molar-refractivity contribution in [3.8, 4) is 0 Å². The molecule has 4 rings (SSSR count). The maximum absolute atomic E-state index is 12.8. The second-order valence-electron chi connectivity index (χ2n) is 6.83. The third-order valence-corrected chi connectivity index (χ3v) is 4.72. The van der Waals surface area contributed by atoms with Crippen LogP contribution in [0.25, 0.3) is 0 Å². The summed E-state index contributed by atoms with van der Waals surface area (Å²) in [5.74, 6) is 0.124. The molecule has 2 aromatic heterocycles. The number of nitrogens with zero attached hydrogens (tertiary/aromatic N) is 6. The van der Waals surface area contributed by atoms with E-state index in [1.807, 2.05) is 43.3 Å². The molecule has 3 heterocycles. The summed E-state index contributed by atoms with van der Waals surface area (Å²) in [6, 6.07) is 11.0. The van der Waals surface area contributed by atoms with Crippen LogP contribution in [-0.2, 0) is 17.9 Å². The van der Waals surface area contributed by atoms with Crippen LogP contribution < -0.4 is 10.2 Å². The van der Waals surface area contributed by atoms with Gasteiger partial charge in [-0.25, -0.2) is 14.3 Å². The summed E-state index contributed by atoms with van der Waals surface area (Å²) in [6.45, 7) is 2.95. The molecule has 2 amide bonds. The van der Waals surface area contributed by atoms with Crippen molar-refractivity contribution in [2.24, 2.45) is 0 Å².